The van der Waals surface area contributed by atoms with Crippen LogP contribution in [0, 0.1) is 0 Å². The first-order valence-corrected chi connectivity index (χ1v) is 7.14. The molecule has 0 atom stereocenters. The Morgan fingerprint density at radius 2 is 1.89 bits per heavy atom. The van der Waals surface area contributed by atoms with Crippen LogP contribution in [-0.4, -0.2) is 88.6 Å². The van der Waals surface area contributed by atoms with E-state index in [4.69, 9.17) is 9.47 Å². The largest absolute Gasteiger partial charge is 0.382 e. The van der Waals surface area contributed by atoms with Crippen molar-refractivity contribution in [3.63, 3.8) is 0 Å². The number of methoxy groups -OCH3 is 1. The Labute approximate surface area is 110 Å². The molecule has 0 aromatic heterocycles. The van der Waals surface area contributed by atoms with Crippen molar-refractivity contribution in [1.82, 2.24) is 15.1 Å². The number of ether oxygens (including phenoxy) is 2. The summed E-state index contributed by atoms with van der Waals surface area (Å²) < 4.78 is 10.4. The maximum absolute atomic E-state index is 5.47. The summed E-state index contributed by atoms with van der Waals surface area (Å²) in [5.74, 6) is 0. The number of likely N-dealkylation sites (tertiary alicyclic amines) is 1. The van der Waals surface area contributed by atoms with Crippen molar-refractivity contribution in [2.45, 2.75) is 12.5 Å². The second-order valence-corrected chi connectivity index (χ2v) is 5.16. The molecule has 0 aromatic rings. The molecule has 0 saturated carbocycles. The van der Waals surface area contributed by atoms with Gasteiger partial charge < -0.3 is 19.7 Å². The Hall–Kier alpha value is -0.200. The summed E-state index contributed by atoms with van der Waals surface area (Å²) in [5, 5.41) is 3.41. The summed E-state index contributed by atoms with van der Waals surface area (Å²) in [6.07, 6.45) is 1.14. The predicted octanol–water partition coefficient (Wildman–Crippen LogP) is -0.371. The van der Waals surface area contributed by atoms with Gasteiger partial charge in [0.2, 0.25) is 0 Å². The van der Waals surface area contributed by atoms with E-state index in [0.29, 0.717) is 6.61 Å². The molecule has 2 aliphatic heterocycles. The van der Waals surface area contributed by atoms with Crippen LogP contribution >= 0.6 is 0 Å². The van der Waals surface area contributed by atoms with E-state index in [9.17, 15) is 0 Å². The highest BCUT2D eigenvalue weighted by atomic mass is 16.5. The fraction of sp³-hybridized carbons (Fsp3) is 1.00. The Bertz CT molecular complexity index is 216. The van der Waals surface area contributed by atoms with E-state index in [2.05, 4.69) is 15.1 Å². The van der Waals surface area contributed by atoms with Crippen LogP contribution in [0.1, 0.15) is 6.42 Å². The minimum absolute atomic E-state index is 0.703. The van der Waals surface area contributed by atoms with E-state index in [1.807, 2.05) is 0 Å². The summed E-state index contributed by atoms with van der Waals surface area (Å²) in [5.41, 5.74) is 0. The molecular formula is C13H27N3O2. The van der Waals surface area contributed by atoms with Gasteiger partial charge in [0.25, 0.3) is 0 Å². The average Bonchev–Trinajstić information content (AvgIpc) is 2.36. The van der Waals surface area contributed by atoms with Crippen LogP contribution in [0.5, 0.6) is 0 Å². The second-order valence-electron chi connectivity index (χ2n) is 5.16. The van der Waals surface area contributed by atoms with Crippen molar-refractivity contribution in [1.29, 1.82) is 0 Å². The Morgan fingerprint density at radius 1 is 1.11 bits per heavy atom. The lowest BCUT2D eigenvalue weighted by Crippen LogP contribution is -2.62. The molecule has 2 heterocycles. The molecule has 2 aliphatic rings. The lowest BCUT2D eigenvalue weighted by molar-refractivity contribution is 0.0169. The zero-order valence-corrected chi connectivity index (χ0v) is 11.6. The lowest BCUT2D eigenvalue weighted by Gasteiger charge is -2.46. The first kappa shape index (κ1) is 14.2. The number of hydrogen-bond acceptors (Lipinski definition) is 5. The molecule has 0 unspecified atom stereocenters. The monoisotopic (exact) mass is 257 g/mol. The lowest BCUT2D eigenvalue weighted by atomic mass is 10.1. The van der Waals surface area contributed by atoms with Gasteiger partial charge in [-0.15, -0.1) is 0 Å². The van der Waals surface area contributed by atoms with E-state index in [-0.39, 0.29) is 0 Å². The molecule has 0 aliphatic carbocycles. The van der Waals surface area contributed by atoms with Gasteiger partial charge >= 0.3 is 0 Å². The topological polar surface area (TPSA) is 37.0 Å². The molecule has 0 amide bonds. The molecule has 2 saturated heterocycles. The minimum atomic E-state index is 0.703. The molecule has 5 heteroatoms. The van der Waals surface area contributed by atoms with Crippen molar-refractivity contribution in [3.8, 4) is 0 Å². The quantitative estimate of drug-likeness (QED) is 0.601. The Morgan fingerprint density at radius 3 is 2.61 bits per heavy atom. The van der Waals surface area contributed by atoms with Gasteiger partial charge in [-0.1, -0.05) is 0 Å². The fourth-order valence-electron chi connectivity index (χ4n) is 2.64. The minimum Gasteiger partial charge on any atom is -0.382 e. The predicted molar refractivity (Wildman–Crippen MR) is 72.0 cm³/mol. The first-order valence-electron chi connectivity index (χ1n) is 7.14. The fourth-order valence-corrected chi connectivity index (χ4v) is 2.64. The summed E-state index contributed by atoms with van der Waals surface area (Å²) >= 11 is 0. The molecule has 0 aromatic carbocycles. The third kappa shape index (κ3) is 4.48. The second kappa shape index (κ2) is 8.07. The van der Waals surface area contributed by atoms with Gasteiger partial charge in [0.05, 0.1) is 13.2 Å². The molecular weight excluding hydrogens is 230 g/mol. The summed E-state index contributed by atoms with van der Waals surface area (Å²) in [4.78, 5) is 5.16. The van der Waals surface area contributed by atoms with Gasteiger partial charge in [0.1, 0.15) is 0 Å². The van der Waals surface area contributed by atoms with Gasteiger partial charge in [-0.25, -0.2) is 0 Å². The number of piperazine rings is 1. The van der Waals surface area contributed by atoms with E-state index in [1.165, 1.54) is 32.7 Å². The van der Waals surface area contributed by atoms with Crippen molar-refractivity contribution in [2.75, 3.05) is 72.7 Å². The SMILES string of the molecule is COCCOCCCN1CC(N2CCNCC2)C1. The molecule has 0 spiro atoms. The number of hydrogen-bond donors (Lipinski definition) is 1. The molecule has 2 fully saturated rings. The highest BCUT2D eigenvalue weighted by Gasteiger charge is 2.31. The smallest absolute Gasteiger partial charge is 0.0700 e. The zero-order chi connectivity index (χ0) is 12.6. The Balaban J connectivity index is 1.43. The van der Waals surface area contributed by atoms with E-state index < -0.39 is 0 Å². The summed E-state index contributed by atoms with van der Waals surface area (Å²) in [7, 11) is 1.71. The van der Waals surface area contributed by atoms with Crippen LogP contribution in [0.2, 0.25) is 0 Å². The standard InChI is InChI=1S/C13H27N3O2/c1-17-9-10-18-8-2-5-15-11-13(12-15)16-6-3-14-4-7-16/h13-14H,2-12H2,1H3. The van der Waals surface area contributed by atoms with Crippen LogP contribution in [0.3, 0.4) is 0 Å². The first-order chi connectivity index (χ1) is 8.90. The molecule has 106 valence electrons. The van der Waals surface area contributed by atoms with Crippen LogP contribution in [-0.2, 0) is 9.47 Å². The highest BCUT2D eigenvalue weighted by Crippen LogP contribution is 2.15. The van der Waals surface area contributed by atoms with Crippen molar-refractivity contribution < 1.29 is 9.47 Å². The molecule has 0 bridgehead atoms. The maximum atomic E-state index is 5.47. The van der Waals surface area contributed by atoms with Gasteiger partial charge in [0, 0.05) is 65.6 Å². The Kier molecular flexibility index (Phi) is 6.37. The number of nitrogens with one attached hydrogen (secondary N) is 1. The van der Waals surface area contributed by atoms with Gasteiger partial charge in [-0.3, -0.25) is 4.90 Å². The molecule has 18 heavy (non-hydrogen) atoms. The molecule has 5 nitrogen and oxygen atoms in total. The third-order valence-corrected chi connectivity index (χ3v) is 3.80. The third-order valence-electron chi connectivity index (χ3n) is 3.80. The zero-order valence-electron chi connectivity index (χ0n) is 11.6. The number of rotatable bonds is 8. The van der Waals surface area contributed by atoms with Crippen molar-refractivity contribution in [2.24, 2.45) is 0 Å². The summed E-state index contributed by atoms with van der Waals surface area (Å²) in [6, 6.07) is 0.807. The molecule has 2 rings (SSSR count). The van der Waals surface area contributed by atoms with Crippen LogP contribution in [0.25, 0.3) is 0 Å². The highest BCUT2D eigenvalue weighted by molar-refractivity contribution is 4.89. The van der Waals surface area contributed by atoms with E-state index in [0.717, 1.165) is 38.8 Å². The van der Waals surface area contributed by atoms with Crippen molar-refractivity contribution in [3.05, 3.63) is 0 Å². The van der Waals surface area contributed by atoms with E-state index >= 15 is 0 Å². The van der Waals surface area contributed by atoms with Gasteiger partial charge in [0.15, 0.2) is 0 Å². The van der Waals surface area contributed by atoms with E-state index in [1.54, 1.807) is 7.11 Å². The number of nitrogens with zero attached hydrogens (tertiary/aromatic N) is 2. The van der Waals surface area contributed by atoms with Crippen LogP contribution < -0.4 is 5.32 Å². The van der Waals surface area contributed by atoms with Crippen LogP contribution in [0.15, 0.2) is 0 Å². The van der Waals surface area contributed by atoms with Crippen molar-refractivity contribution >= 4 is 0 Å². The molecule has 1 N–H and O–H groups in total. The van der Waals surface area contributed by atoms with Gasteiger partial charge in [-0.2, -0.15) is 0 Å². The maximum Gasteiger partial charge on any atom is 0.0700 e. The normalized spacial score (nSPS) is 23.2. The van der Waals surface area contributed by atoms with Crippen LogP contribution in [0.4, 0.5) is 0 Å². The molecule has 0 radical (unpaired) electrons. The average molecular weight is 257 g/mol. The van der Waals surface area contributed by atoms with Gasteiger partial charge in [-0.05, 0) is 6.42 Å². The summed E-state index contributed by atoms with van der Waals surface area (Å²) in [6.45, 7) is 10.7.